The van der Waals surface area contributed by atoms with Gasteiger partial charge >= 0.3 is 12.0 Å². The number of rotatable bonds is 5. The number of hydrogen-bond acceptors (Lipinski definition) is 7. The number of nitrogens with zero attached hydrogens (tertiary/aromatic N) is 4. The molecule has 2 aromatic heterocycles. The standard InChI is InChI=1S/C14H18N6O4/c1-4-15-14(23)19-11(21)6-24-12(22)5-10-8(2)18-13-16-7-17-20(13)9(10)3/h7H,4-6H2,1-3H3,(H2,15,19,21,23). The molecule has 0 aliphatic carbocycles. The van der Waals surface area contributed by atoms with Gasteiger partial charge in [-0.05, 0) is 20.8 Å². The van der Waals surface area contributed by atoms with Gasteiger partial charge in [-0.1, -0.05) is 0 Å². The van der Waals surface area contributed by atoms with E-state index in [0.29, 0.717) is 23.6 Å². The summed E-state index contributed by atoms with van der Waals surface area (Å²) < 4.78 is 6.41. The highest BCUT2D eigenvalue weighted by Crippen LogP contribution is 2.13. The molecule has 2 rings (SSSR count). The summed E-state index contributed by atoms with van der Waals surface area (Å²) in [6.07, 6.45) is 1.32. The molecular formula is C14H18N6O4. The van der Waals surface area contributed by atoms with Crippen molar-refractivity contribution in [2.24, 2.45) is 0 Å². The number of aromatic nitrogens is 4. The third-order valence-electron chi connectivity index (χ3n) is 3.26. The van der Waals surface area contributed by atoms with E-state index in [2.05, 4.69) is 20.4 Å². The Morgan fingerprint density at radius 3 is 2.75 bits per heavy atom. The highest BCUT2D eigenvalue weighted by atomic mass is 16.5. The van der Waals surface area contributed by atoms with Gasteiger partial charge in [0.15, 0.2) is 6.61 Å². The first-order valence-electron chi connectivity index (χ1n) is 7.31. The van der Waals surface area contributed by atoms with Gasteiger partial charge in [0.1, 0.15) is 6.33 Å². The molecule has 0 aliphatic heterocycles. The normalized spacial score (nSPS) is 10.5. The minimum absolute atomic E-state index is 0.0606. The van der Waals surface area contributed by atoms with Gasteiger partial charge < -0.3 is 10.1 Å². The second kappa shape index (κ2) is 7.49. The summed E-state index contributed by atoms with van der Waals surface area (Å²) >= 11 is 0. The number of carbonyl (C=O) groups is 3. The second-order valence-electron chi connectivity index (χ2n) is 4.98. The summed E-state index contributed by atoms with van der Waals surface area (Å²) in [6.45, 7) is 5.11. The maximum absolute atomic E-state index is 11.9. The SMILES string of the molecule is CCNC(=O)NC(=O)COC(=O)Cc1c(C)nc2ncnn2c1C. The molecule has 3 amide bonds. The van der Waals surface area contributed by atoms with Crippen LogP contribution < -0.4 is 10.6 Å². The van der Waals surface area contributed by atoms with Gasteiger partial charge in [-0.3, -0.25) is 14.9 Å². The van der Waals surface area contributed by atoms with Gasteiger partial charge in [-0.2, -0.15) is 10.1 Å². The van der Waals surface area contributed by atoms with E-state index in [1.54, 1.807) is 20.8 Å². The van der Waals surface area contributed by atoms with Crippen LogP contribution in [0.15, 0.2) is 6.33 Å². The van der Waals surface area contributed by atoms with Crippen molar-refractivity contribution in [3.05, 3.63) is 23.3 Å². The molecule has 0 saturated carbocycles. The lowest BCUT2D eigenvalue weighted by atomic mass is 10.1. The summed E-state index contributed by atoms with van der Waals surface area (Å²) in [5, 5.41) is 8.47. The number of esters is 1. The molecular weight excluding hydrogens is 316 g/mol. The predicted molar refractivity (Wildman–Crippen MR) is 82.1 cm³/mol. The molecule has 10 heteroatoms. The largest absolute Gasteiger partial charge is 0.455 e. The number of urea groups is 1. The van der Waals surface area contributed by atoms with Crippen molar-refractivity contribution in [3.8, 4) is 0 Å². The number of hydrogen-bond donors (Lipinski definition) is 2. The van der Waals surface area contributed by atoms with E-state index in [9.17, 15) is 14.4 Å². The number of carbonyl (C=O) groups excluding carboxylic acids is 3. The minimum Gasteiger partial charge on any atom is -0.455 e. The molecule has 2 aromatic rings. The zero-order valence-corrected chi connectivity index (χ0v) is 13.6. The van der Waals surface area contributed by atoms with Crippen molar-refractivity contribution in [2.75, 3.05) is 13.2 Å². The fourth-order valence-electron chi connectivity index (χ4n) is 2.12. The molecule has 0 unspecified atom stereocenters. The van der Waals surface area contributed by atoms with Crippen LogP contribution in [0.1, 0.15) is 23.9 Å². The van der Waals surface area contributed by atoms with E-state index >= 15 is 0 Å². The van der Waals surface area contributed by atoms with Crippen molar-refractivity contribution in [3.63, 3.8) is 0 Å². The van der Waals surface area contributed by atoms with Gasteiger partial charge in [-0.25, -0.2) is 14.3 Å². The third-order valence-corrected chi connectivity index (χ3v) is 3.26. The van der Waals surface area contributed by atoms with Crippen LogP contribution in [0.5, 0.6) is 0 Å². The quantitative estimate of drug-likeness (QED) is 0.717. The smallest absolute Gasteiger partial charge is 0.321 e. The lowest BCUT2D eigenvalue weighted by Crippen LogP contribution is -2.41. The Labute approximate surface area is 137 Å². The van der Waals surface area contributed by atoms with E-state index in [1.165, 1.54) is 10.8 Å². The Balaban J connectivity index is 1.95. The predicted octanol–water partition coefficient (Wildman–Crippen LogP) is -0.327. The van der Waals surface area contributed by atoms with E-state index < -0.39 is 24.5 Å². The van der Waals surface area contributed by atoms with Crippen LogP contribution in [0.4, 0.5) is 4.79 Å². The van der Waals surface area contributed by atoms with E-state index in [0.717, 1.165) is 5.69 Å². The Bertz CT molecular complexity index is 785. The van der Waals surface area contributed by atoms with Crippen LogP contribution in [-0.2, 0) is 20.7 Å². The van der Waals surface area contributed by atoms with E-state index in [-0.39, 0.29) is 6.42 Å². The number of aryl methyl sites for hydroxylation is 2. The van der Waals surface area contributed by atoms with Crippen molar-refractivity contribution in [2.45, 2.75) is 27.2 Å². The highest BCUT2D eigenvalue weighted by molar-refractivity contribution is 5.95. The Kier molecular flexibility index (Phi) is 5.40. The summed E-state index contributed by atoms with van der Waals surface area (Å²) in [4.78, 5) is 42.8. The Morgan fingerprint density at radius 1 is 1.29 bits per heavy atom. The van der Waals surface area contributed by atoms with Gasteiger partial charge in [-0.15, -0.1) is 0 Å². The zero-order valence-electron chi connectivity index (χ0n) is 13.6. The summed E-state index contributed by atoms with van der Waals surface area (Å²) in [6, 6.07) is -0.633. The minimum atomic E-state index is -0.701. The monoisotopic (exact) mass is 334 g/mol. The third kappa shape index (κ3) is 4.03. The molecule has 0 fully saturated rings. The summed E-state index contributed by atoms with van der Waals surface area (Å²) in [5.74, 6) is -0.857. The molecule has 0 bridgehead atoms. The molecule has 0 atom stereocenters. The molecule has 2 heterocycles. The topological polar surface area (TPSA) is 128 Å². The molecule has 24 heavy (non-hydrogen) atoms. The average molecular weight is 334 g/mol. The van der Waals surface area contributed by atoms with E-state index in [4.69, 9.17) is 4.74 Å². The molecule has 0 spiro atoms. The van der Waals surface area contributed by atoms with Gasteiger partial charge in [0.05, 0.1) is 6.42 Å². The fourth-order valence-corrected chi connectivity index (χ4v) is 2.12. The van der Waals surface area contributed by atoms with Crippen molar-refractivity contribution >= 4 is 23.7 Å². The van der Waals surface area contributed by atoms with Crippen LogP contribution in [-0.4, -0.2) is 50.6 Å². The molecule has 2 N–H and O–H groups in total. The van der Waals surface area contributed by atoms with Crippen LogP contribution in [0.25, 0.3) is 5.78 Å². The molecule has 10 nitrogen and oxygen atoms in total. The van der Waals surface area contributed by atoms with Crippen molar-refractivity contribution < 1.29 is 19.1 Å². The van der Waals surface area contributed by atoms with Gasteiger partial charge in [0.25, 0.3) is 11.7 Å². The Morgan fingerprint density at radius 2 is 2.04 bits per heavy atom. The Hall–Kier alpha value is -3.04. The number of fused-ring (bicyclic) bond motifs is 1. The van der Waals surface area contributed by atoms with Crippen LogP contribution in [0.3, 0.4) is 0 Å². The first kappa shape index (κ1) is 17.3. The number of nitrogens with one attached hydrogen (secondary N) is 2. The lowest BCUT2D eigenvalue weighted by molar-refractivity contribution is -0.147. The van der Waals surface area contributed by atoms with Crippen molar-refractivity contribution in [1.29, 1.82) is 0 Å². The fraction of sp³-hybridized carbons (Fsp3) is 0.429. The van der Waals surface area contributed by atoms with E-state index in [1.807, 2.05) is 5.32 Å². The lowest BCUT2D eigenvalue weighted by Gasteiger charge is -2.10. The molecule has 0 aromatic carbocycles. The zero-order chi connectivity index (χ0) is 17.7. The molecule has 0 saturated heterocycles. The second-order valence-corrected chi connectivity index (χ2v) is 4.98. The van der Waals surface area contributed by atoms with Crippen LogP contribution >= 0.6 is 0 Å². The van der Waals surface area contributed by atoms with Crippen molar-refractivity contribution in [1.82, 2.24) is 30.2 Å². The number of imide groups is 1. The molecule has 0 aliphatic rings. The first-order chi connectivity index (χ1) is 11.4. The first-order valence-corrected chi connectivity index (χ1v) is 7.31. The number of ether oxygens (including phenoxy) is 1. The van der Waals surface area contributed by atoms with Gasteiger partial charge in [0.2, 0.25) is 0 Å². The summed E-state index contributed by atoms with van der Waals surface area (Å²) in [7, 11) is 0. The van der Waals surface area contributed by atoms with Gasteiger partial charge in [0, 0.05) is 23.5 Å². The average Bonchev–Trinajstić information content (AvgIpc) is 2.98. The maximum Gasteiger partial charge on any atom is 0.321 e. The van der Waals surface area contributed by atoms with Crippen LogP contribution in [0, 0.1) is 13.8 Å². The van der Waals surface area contributed by atoms with Crippen LogP contribution in [0.2, 0.25) is 0 Å². The summed E-state index contributed by atoms with van der Waals surface area (Å²) in [5.41, 5.74) is 2.01. The maximum atomic E-state index is 11.9. The molecule has 128 valence electrons. The molecule has 0 radical (unpaired) electrons. The highest BCUT2D eigenvalue weighted by Gasteiger charge is 2.16. The number of amides is 3.